The minimum Gasteiger partial charge on any atom is -0.370 e. The fraction of sp³-hybridized carbons (Fsp3) is 0.929. The molecule has 1 aliphatic heterocycles. The lowest BCUT2D eigenvalue weighted by molar-refractivity contribution is 0.0448. The minimum atomic E-state index is 0.256. The Morgan fingerprint density at radius 3 is 2.88 bits per heavy atom. The molecule has 2 aliphatic rings. The molecule has 2 N–H and O–H groups in total. The Labute approximate surface area is 105 Å². The van der Waals surface area contributed by atoms with E-state index in [1.165, 1.54) is 25.7 Å². The molecule has 0 radical (unpaired) electrons. The third-order valence-corrected chi connectivity index (χ3v) is 4.65. The Hall–Kier alpha value is -0.730. The second kappa shape index (κ2) is 4.87. The molecule has 2 unspecified atom stereocenters. The molecule has 0 aromatic heterocycles. The average molecular weight is 237 g/mol. The maximum Gasteiger partial charge on any atom is 0.191 e. The number of nitrogens with zero attached hydrogens (tertiary/aromatic N) is 2. The molecule has 0 saturated heterocycles. The zero-order valence-electron chi connectivity index (χ0n) is 11.6. The van der Waals surface area contributed by atoms with Crippen LogP contribution in [0.15, 0.2) is 4.99 Å². The fourth-order valence-corrected chi connectivity index (χ4v) is 3.91. The predicted molar refractivity (Wildman–Crippen MR) is 73.0 cm³/mol. The average Bonchev–Trinajstić information content (AvgIpc) is 2.60. The largest absolute Gasteiger partial charge is 0.370 e. The van der Waals surface area contributed by atoms with E-state index in [9.17, 15) is 0 Å². The van der Waals surface area contributed by atoms with Gasteiger partial charge in [-0.05, 0) is 31.1 Å². The highest BCUT2D eigenvalue weighted by molar-refractivity contribution is 5.81. The summed E-state index contributed by atoms with van der Waals surface area (Å²) >= 11 is 0. The van der Waals surface area contributed by atoms with Crippen molar-refractivity contribution in [2.75, 3.05) is 13.1 Å². The molecule has 17 heavy (non-hydrogen) atoms. The van der Waals surface area contributed by atoms with Crippen molar-refractivity contribution >= 4 is 5.96 Å². The Morgan fingerprint density at radius 1 is 1.47 bits per heavy atom. The number of guanidine groups is 1. The van der Waals surface area contributed by atoms with E-state index in [-0.39, 0.29) is 5.54 Å². The lowest BCUT2D eigenvalue weighted by Crippen LogP contribution is -2.58. The molecule has 1 fully saturated rings. The third kappa shape index (κ3) is 2.04. The van der Waals surface area contributed by atoms with Crippen LogP contribution in [0.1, 0.15) is 52.9 Å². The maximum atomic E-state index is 6.11. The smallest absolute Gasteiger partial charge is 0.191 e. The van der Waals surface area contributed by atoms with Crippen LogP contribution in [0.4, 0.5) is 0 Å². The van der Waals surface area contributed by atoms with Crippen molar-refractivity contribution in [3.05, 3.63) is 0 Å². The van der Waals surface area contributed by atoms with Crippen molar-refractivity contribution in [3.8, 4) is 0 Å². The standard InChI is InChI=1S/C14H27N3/c1-4-9-17-13(15)16-10-14(17)8-6-5-7-12(14)11(2)3/h11-12H,4-10H2,1-3H3,(H2,15,16). The van der Waals surface area contributed by atoms with Crippen LogP contribution in [0.25, 0.3) is 0 Å². The van der Waals surface area contributed by atoms with Gasteiger partial charge in [-0.3, -0.25) is 4.99 Å². The highest BCUT2D eigenvalue weighted by Crippen LogP contribution is 2.44. The second-order valence-electron chi connectivity index (χ2n) is 6.03. The maximum absolute atomic E-state index is 6.11. The van der Waals surface area contributed by atoms with E-state index in [4.69, 9.17) is 5.73 Å². The van der Waals surface area contributed by atoms with Crippen molar-refractivity contribution in [1.82, 2.24) is 4.90 Å². The predicted octanol–water partition coefficient (Wildman–Crippen LogP) is 2.61. The summed E-state index contributed by atoms with van der Waals surface area (Å²) in [5.74, 6) is 2.28. The third-order valence-electron chi connectivity index (χ3n) is 4.65. The van der Waals surface area contributed by atoms with Gasteiger partial charge < -0.3 is 10.6 Å². The molecule has 1 spiro atoms. The zero-order chi connectivity index (χ0) is 12.5. The van der Waals surface area contributed by atoms with Gasteiger partial charge >= 0.3 is 0 Å². The number of hydrogen-bond donors (Lipinski definition) is 1. The monoisotopic (exact) mass is 237 g/mol. The Morgan fingerprint density at radius 2 is 2.24 bits per heavy atom. The minimum absolute atomic E-state index is 0.256. The molecule has 2 atom stereocenters. The van der Waals surface area contributed by atoms with E-state index >= 15 is 0 Å². The van der Waals surface area contributed by atoms with Crippen LogP contribution < -0.4 is 5.73 Å². The Bertz CT molecular complexity index is 298. The topological polar surface area (TPSA) is 41.6 Å². The molecule has 0 bridgehead atoms. The van der Waals surface area contributed by atoms with Crippen molar-refractivity contribution in [2.24, 2.45) is 22.6 Å². The summed E-state index contributed by atoms with van der Waals surface area (Å²) in [6.45, 7) is 8.94. The Balaban J connectivity index is 2.25. The summed E-state index contributed by atoms with van der Waals surface area (Å²) < 4.78 is 0. The van der Waals surface area contributed by atoms with Crippen LogP contribution in [0.5, 0.6) is 0 Å². The first kappa shape index (κ1) is 12.7. The molecule has 98 valence electrons. The first-order valence-electron chi connectivity index (χ1n) is 7.19. The SMILES string of the molecule is CCCN1C(N)=NCC12CCCCC2C(C)C. The summed E-state index contributed by atoms with van der Waals surface area (Å²) in [6.07, 6.45) is 6.50. The molecule has 1 saturated carbocycles. The number of nitrogens with two attached hydrogens (primary N) is 1. The van der Waals surface area contributed by atoms with E-state index in [1.807, 2.05) is 0 Å². The zero-order valence-corrected chi connectivity index (χ0v) is 11.6. The lowest BCUT2D eigenvalue weighted by atomic mass is 9.67. The van der Waals surface area contributed by atoms with E-state index in [0.717, 1.165) is 37.3 Å². The normalized spacial score (nSPS) is 33.5. The Kier molecular flexibility index (Phi) is 3.64. The first-order valence-corrected chi connectivity index (χ1v) is 7.19. The van der Waals surface area contributed by atoms with Crippen molar-refractivity contribution in [3.63, 3.8) is 0 Å². The van der Waals surface area contributed by atoms with Crippen LogP contribution in [0.3, 0.4) is 0 Å². The molecular formula is C14H27N3. The van der Waals surface area contributed by atoms with Crippen molar-refractivity contribution in [1.29, 1.82) is 0 Å². The summed E-state index contributed by atoms with van der Waals surface area (Å²) in [4.78, 5) is 6.99. The molecule has 0 amide bonds. The van der Waals surface area contributed by atoms with Crippen LogP contribution in [-0.4, -0.2) is 29.5 Å². The molecule has 2 rings (SSSR count). The van der Waals surface area contributed by atoms with Gasteiger partial charge in [0.15, 0.2) is 5.96 Å². The van der Waals surface area contributed by atoms with Gasteiger partial charge in [-0.2, -0.15) is 0 Å². The van der Waals surface area contributed by atoms with Gasteiger partial charge in [-0.15, -0.1) is 0 Å². The molecule has 1 aliphatic carbocycles. The van der Waals surface area contributed by atoms with E-state index in [0.29, 0.717) is 0 Å². The molecule has 0 aromatic carbocycles. The highest BCUT2D eigenvalue weighted by Gasteiger charge is 2.49. The first-order chi connectivity index (χ1) is 8.12. The molecule has 3 heteroatoms. The molecule has 0 aromatic rings. The summed E-state index contributed by atoms with van der Waals surface area (Å²) in [5, 5.41) is 0. The summed E-state index contributed by atoms with van der Waals surface area (Å²) in [6, 6.07) is 0. The number of aliphatic imine (C=N–C) groups is 1. The second-order valence-corrected chi connectivity index (χ2v) is 6.03. The summed E-state index contributed by atoms with van der Waals surface area (Å²) in [5.41, 5.74) is 6.37. The van der Waals surface area contributed by atoms with Gasteiger partial charge in [0, 0.05) is 6.54 Å². The van der Waals surface area contributed by atoms with Gasteiger partial charge in [0.25, 0.3) is 0 Å². The number of rotatable bonds is 3. The van der Waals surface area contributed by atoms with Crippen LogP contribution in [0.2, 0.25) is 0 Å². The van der Waals surface area contributed by atoms with E-state index < -0.39 is 0 Å². The van der Waals surface area contributed by atoms with Crippen LogP contribution in [-0.2, 0) is 0 Å². The van der Waals surface area contributed by atoms with Crippen LogP contribution in [0, 0.1) is 11.8 Å². The van der Waals surface area contributed by atoms with Crippen molar-refractivity contribution in [2.45, 2.75) is 58.4 Å². The van der Waals surface area contributed by atoms with Gasteiger partial charge in [-0.25, -0.2) is 0 Å². The number of hydrogen-bond acceptors (Lipinski definition) is 3. The molecule has 1 heterocycles. The molecule has 3 nitrogen and oxygen atoms in total. The van der Waals surface area contributed by atoms with Gasteiger partial charge in [0.1, 0.15) is 0 Å². The fourth-order valence-electron chi connectivity index (χ4n) is 3.91. The van der Waals surface area contributed by atoms with Crippen LogP contribution >= 0.6 is 0 Å². The molecular weight excluding hydrogens is 210 g/mol. The highest BCUT2D eigenvalue weighted by atomic mass is 15.4. The van der Waals surface area contributed by atoms with E-state index in [1.54, 1.807) is 0 Å². The lowest BCUT2D eigenvalue weighted by Gasteiger charge is -2.49. The van der Waals surface area contributed by atoms with Gasteiger partial charge in [0.2, 0.25) is 0 Å². The van der Waals surface area contributed by atoms with E-state index in [2.05, 4.69) is 30.7 Å². The van der Waals surface area contributed by atoms with Gasteiger partial charge in [-0.1, -0.05) is 33.6 Å². The quantitative estimate of drug-likeness (QED) is 0.820. The van der Waals surface area contributed by atoms with Crippen molar-refractivity contribution < 1.29 is 0 Å². The van der Waals surface area contributed by atoms with Gasteiger partial charge in [0.05, 0.1) is 12.1 Å². The summed E-state index contributed by atoms with van der Waals surface area (Å²) in [7, 11) is 0.